The van der Waals surface area contributed by atoms with Crippen molar-refractivity contribution in [3.8, 4) is 74.3 Å². The fourth-order valence-corrected chi connectivity index (χ4v) is 14.1. The van der Waals surface area contributed by atoms with E-state index in [1.165, 1.54) is 38.9 Å². The molecule has 27 nitrogen and oxygen atoms in total. The Morgan fingerprint density at radius 2 is 0.701 bits per heavy atom. The van der Waals surface area contributed by atoms with E-state index in [4.69, 9.17) is 19.9 Å². The second-order valence-corrected chi connectivity index (χ2v) is 41.7. The molecule has 11 N–H and O–H groups in total. The molecule has 1 amide bonds. The van der Waals surface area contributed by atoms with Crippen LogP contribution in [0.4, 0.5) is 15.4 Å². The summed E-state index contributed by atoms with van der Waals surface area (Å²) >= 11 is 4.51. The number of nitrogens with two attached hydrogens (primary N) is 1. The molecular weight excluding hydrogens is 1780 g/mol. The first-order valence-corrected chi connectivity index (χ1v) is 49.0. The molecule has 0 atom stereocenters. The van der Waals surface area contributed by atoms with E-state index >= 15 is 0 Å². The van der Waals surface area contributed by atoms with E-state index < -0.39 is 11.1 Å². The number of nitrogens with one attached hydrogen (secondary N) is 8. The summed E-state index contributed by atoms with van der Waals surface area (Å²) in [5.41, 5.74) is 18.1. The summed E-state index contributed by atoms with van der Waals surface area (Å²) in [4.78, 5) is 122. The third kappa shape index (κ3) is 40.3. The van der Waals surface area contributed by atoms with E-state index in [0.29, 0.717) is 125 Å². The predicted molar refractivity (Wildman–Crippen MR) is 576 cm³/mol. The Morgan fingerprint density at radius 1 is 0.394 bits per heavy atom. The molecule has 5 aromatic carbocycles. The second kappa shape index (κ2) is 53.8. The van der Waals surface area contributed by atoms with E-state index in [1.807, 2.05) is 134 Å². The van der Waals surface area contributed by atoms with Crippen LogP contribution in [0.5, 0.6) is 17.2 Å². The molecule has 0 aliphatic rings. The number of thiazole rings is 3. The number of aromatic amines is 5. The molecule has 15 rings (SSSR count). The summed E-state index contributed by atoms with van der Waals surface area (Å²) < 4.78 is 16.9. The summed E-state index contributed by atoms with van der Waals surface area (Å²) in [5.74, 6) is 6.36. The predicted octanol–water partition coefficient (Wildman–Crippen LogP) is 23.7. The molecule has 0 saturated heterocycles. The highest BCUT2D eigenvalue weighted by Crippen LogP contribution is 2.31. The second-order valence-electron chi connectivity index (χ2n) is 39.2. The van der Waals surface area contributed by atoms with Crippen LogP contribution in [-0.2, 0) is 4.79 Å². The average Bonchev–Trinajstić information content (AvgIpc) is 1.42. The maximum Gasteiger partial charge on any atom is 0.259 e. The van der Waals surface area contributed by atoms with Gasteiger partial charge in [-0.15, -0.1) is 34.0 Å². The number of likely N-dealkylation sites (N-methyl/N-ethyl adjacent to an activating group) is 1. The Balaban J connectivity index is 0.000000251. The highest BCUT2D eigenvalue weighted by Gasteiger charge is 2.19. The van der Waals surface area contributed by atoms with E-state index in [9.17, 15) is 33.9 Å². The Morgan fingerprint density at radius 3 is 1.01 bits per heavy atom. The molecule has 0 aliphatic heterocycles. The zero-order chi connectivity index (χ0) is 102. The van der Waals surface area contributed by atoms with Crippen molar-refractivity contribution < 1.29 is 24.1 Å². The number of fused-ring (bicyclic) bond motifs is 5. The van der Waals surface area contributed by atoms with Gasteiger partial charge in [0.2, 0.25) is 0 Å². The van der Waals surface area contributed by atoms with Gasteiger partial charge in [0, 0.05) is 147 Å². The molecule has 0 spiro atoms. The molecule has 30 heteroatoms. The smallest absolute Gasteiger partial charge is 0.259 e. The molecule has 137 heavy (non-hydrogen) atoms. The van der Waals surface area contributed by atoms with Crippen LogP contribution in [-0.4, -0.2) is 139 Å². The fraction of sp³-hybridized carbons (Fsp3) is 0.411. The lowest BCUT2D eigenvalue weighted by Crippen LogP contribution is -2.38. The number of H-pyrrole nitrogens is 5. The van der Waals surface area contributed by atoms with Gasteiger partial charge in [0.05, 0.1) is 90.6 Å². The largest absolute Gasteiger partial charge is 0.492 e. The lowest BCUT2D eigenvalue weighted by Gasteiger charge is -2.19. The van der Waals surface area contributed by atoms with Crippen LogP contribution in [0, 0.1) is 57.3 Å². The molecule has 736 valence electrons. The number of aliphatic hydroxyl groups is 1. The summed E-state index contributed by atoms with van der Waals surface area (Å²) in [6.45, 7) is 60.2. The number of hydrogen-bond donors (Lipinski definition) is 10. The van der Waals surface area contributed by atoms with Crippen LogP contribution < -0.4 is 63.0 Å². The standard InChI is InChI=1S/C19H22N4O3S.C19H24N4O2S.C19H23N3O3S.2C15H13N3O.5C4H10/c1-11(2)20-19-22-16(10-27-19)15-8-17(24)13-6-5-12(7-14(13)21-15)26-9-18(25)23(3)4;1-11(2)21-18-23-16(9-26-18)15-8-17(24)13-6-5-12(7-14(13)22-15)25-10-19(3,4)20;1-11(2)20-18-22-16(9-26-18)15-8-17(23)13-6-5-12(7-14(13)21-15)25-10-19(3,4)24;1-9-3-4-11-12(5-9)18-13(6-15(11)19)14-8-16-7-10(2)17-14;1-9-3-4-11-12(7-9)18-13(8-14(11)19)15-16-6-5-10(2)17-15;5*1-4(2)3/h5-8,10-11H,9H2,1-4H3,(H,20,22)(H,21,24);5-9,11H,10,20H2,1-4H3,(H,21,23)(H,22,24);5-9,11,24H,10H2,1-4H3,(H,20,22)(H,21,23);2*3-8H,1-2H3,(H,18,19);5*4H,1-3H3. The Hall–Kier alpha value is -12.6. The maximum atomic E-state index is 12.5. The van der Waals surface area contributed by atoms with Crippen LogP contribution in [0.2, 0.25) is 0 Å². The number of hydrogen-bond acceptors (Lipinski definition) is 24. The number of rotatable bonds is 20. The molecule has 0 bridgehead atoms. The molecule has 0 fully saturated rings. The SMILES string of the molecule is CC(C)C.CC(C)C.CC(C)C.CC(C)C.CC(C)C.CC(C)Nc1nc(-c2cc(=O)c3ccc(OCC(=O)N(C)C)cc3[nH]2)cs1.CC(C)Nc1nc(-c2cc(=O)c3ccc(OCC(C)(C)N)cc3[nH]2)cs1.CC(C)Nc1nc(-c2cc(=O)c3ccc(OCC(C)(C)O)cc3[nH]2)cs1.Cc1ccc2c(=O)cc(-c3cncc(C)n3)[nH]c2c1.Cc1ccc2c(=O)cc(-c3nccc(C)n3)[nH]c2c1. The number of ether oxygens (including phenoxy) is 3. The minimum Gasteiger partial charge on any atom is -0.492 e. The van der Waals surface area contributed by atoms with E-state index in [0.717, 1.165) is 89.9 Å². The van der Waals surface area contributed by atoms with Crippen molar-refractivity contribution in [2.75, 3.05) is 49.9 Å². The lowest BCUT2D eigenvalue weighted by atomic mass is 10.1. The van der Waals surface area contributed by atoms with E-state index in [1.54, 1.807) is 125 Å². The van der Waals surface area contributed by atoms with Crippen molar-refractivity contribution in [1.29, 1.82) is 0 Å². The molecule has 15 aromatic rings. The van der Waals surface area contributed by atoms with Gasteiger partial charge in [-0.25, -0.2) is 29.9 Å². The first kappa shape index (κ1) is 113. The quantitative estimate of drug-likeness (QED) is 0.0339. The Kier molecular flexibility index (Phi) is 44.4. The van der Waals surface area contributed by atoms with Gasteiger partial charge in [-0.2, -0.15) is 0 Å². The average molecular weight is 1930 g/mol. The monoisotopic (exact) mass is 1920 g/mol. The summed E-state index contributed by atoms with van der Waals surface area (Å²) in [7, 11) is 3.35. The number of aryl methyl sites for hydroxylation is 4. The number of anilines is 3. The van der Waals surface area contributed by atoms with Crippen molar-refractivity contribution in [2.24, 2.45) is 35.3 Å². The third-order valence-electron chi connectivity index (χ3n) is 17.1. The molecule has 0 saturated carbocycles. The Labute approximate surface area is 818 Å². The summed E-state index contributed by atoms with van der Waals surface area (Å²) in [6.07, 6.45) is 5.03. The number of aromatic nitrogens is 12. The van der Waals surface area contributed by atoms with Crippen molar-refractivity contribution >= 4 is 110 Å². The van der Waals surface area contributed by atoms with E-state index in [-0.39, 0.29) is 52.3 Å². The van der Waals surface area contributed by atoms with Crippen LogP contribution in [0.1, 0.15) is 196 Å². The van der Waals surface area contributed by atoms with Crippen LogP contribution in [0.25, 0.3) is 112 Å². The van der Waals surface area contributed by atoms with Crippen molar-refractivity contribution in [3.05, 3.63) is 236 Å². The first-order valence-electron chi connectivity index (χ1n) is 46.3. The first-order chi connectivity index (χ1) is 64.2. The van der Waals surface area contributed by atoms with Gasteiger partial charge >= 0.3 is 0 Å². The fourth-order valence-electron chi connectivity index (χ4n) is 11.5. The van der Waals surface area contributed by atoms with Gasteiger partial charge in [-0.1, -0.05) is 116 Å². The van der Waals surface area contributed by atoms with Gasteiger partial charge in [0.25, 0.3) is 5.91 Å². The highest BCUT2D eigenvalue weighted by atomic mass is 32.1. The van der Waals surface area contributed by atoms with Gasteiger partial charge < -0.3 is 70.8 Å². The zero-order valence-corrected chi connectivity index (χ0v) is 88.3. The number of pyridine rings is 5. The normalized spacial score (nSPS) is 11.0. The minimum atomic E-state index is -0.926. The number of nitrogens with zero attached hydrogens (tertiary/aromatic N) is 8. The van der Waals surface area contributed by atoms with Crippen LogP contribution in [0.3, 0.4) is 0 Å². The van der Waals surface area contributed by atoms with Crippen LogP contribution >= 0.6 is 34.0 Å². The van der Waals surface area contributed by atoms with Crippen molar-refractivity contribution in [3.63, 3.8) is 0 Å². The maximum absolute atomic E-state index is 12.5. The summed E-state index contributed by atoms with van der Waals surface area (Å²) in [6, 6.07) is 37.7. The van der Waals surface area contributed by atoms with Crippen molar-refractivity contribution in [2.45, 2.75) is 230 Å². The minimum absolute atomic E-state index is 0.00736. The molecule has 0 radical (unpaired) electrons. The number of benzene rings is 5. The third-order valence-corrected chi connectivity index (χ3v) is 19.4. The van der Waals surface area contributed by atoms with Crippen molar-refractivity contribution in [1.82, 2.24) is 64.7 Å². The van der Waals surface area contributed by atoms with Gasteiger partial charge in [-0.05, 0) is 204 Å². The highest BCUT2D eigenvalue weighted by molar-refractivity contribution is 7.14. The topological polar surface area (TPSA) is 385 Å². The van der Waals surface area contributed by atoms with Gasteiger partial charge in [0.15, 0.2) is 55.0 Å². The summed E-state index contributed by atoms with van der Waals surface area (Å²) in [5, 5.41) is 30.9. The molecular formula is C107H145N17O10S3. The molecule has 0 unspecified atom stereocenters. The number of carbonyl (C=O) groups excluding carboxylic acids is 1. The zero-order valence-electron chi connectivity index (χ0n) is 85.8. The van der Waals surface area contributed by atoms with E-state index in [2.05, 4.69) is 193 Å². The van der Waals surface area contributed by atoms with Crippen LogP contribution in [0.15, 0.2) is 186 Å². The molecule has 10 aromatic heterocycles. The molecule has 10 heterocycles. The lowest BCUT2D eigenvalue weighted by molar-refractivity contribution is -0.130. The molecule has 0 aliphatic carbocycles. The van der Waals surface area contributed by atoms with Gasteiger partial charge in [0.1, 0.15) is 36.2 Å². The number of carbonyl (C=O) groups is 1. The van der Waals surface area contributed by atoms with Gasteiger partial charge in [-0.3, -0.25) is 33.8 Å². The Bertz CT molecular complexity index is 6330. The number of amides is 1.